The molecule has 6 heteroatoms. The summed E-state index contributed by atoms with van der Waals surface area (Å²) in [4.78, 5) is 17.8. The lowest BCUT2D eigenvalue weighted by molar-refractivity contribution is 0.641. The SMILES string of the molecule is c1ccc(N2CCN(c3cc(NC4CC4)ncn3)CC2)nc1. The summed E-state index contributed by atoms with van der Waals surface area (Å²) in [5.74, 6) is 3.01. The van der Waals surface area contributed by atoms with E-state index in [-0.39, 0.29) is 0 Å². The fourth-order valence-corrected chi connectivity index (χ4v) is 2.74. The summed E-state index contributed by atoms with van der Waals surface area (Å²) in [5.41, 5.74) is 0. The number of hydrogen-bond donors (Lipinski definition) is 1. The maximum absolute atomic E-state index is 4.43. The molecule has 1 aliphatic heterocycles. The summed E-state index contributed by atoms with van der Waals surface area (Å²) in [5, 5.41) is 3.43. The van der Waals surface area contributed by atoms with E-state index in [1.807, 2.05) is 18.3 Å². The van der Waals surface area contributed by atoms with Crippen molar-refractivity contribution < 1.29 is 0 Å². The zero-order valence-corrected chi connectivity index (χ0v) is 12.5. The van der Waals surface area contributed by atoms with Crippen LogP contribution in [-0.2, 0) is 0 Å². The topological polar surface area (TPSA) is 57.2 Å². The van der Waals surface area contributed by atoms with E-state index in [0.29, 0.717) is 6.04 Å². The van der Waals surface area contributed by atoms with Crippen molar-refractivity contribution in [3.05, 3.63) is 36.8 Å². The maximum Gasteiger partial charge on any atom is 0.134 e. The number of anilines is 3. The molecule has 1 saturated heterocycles. The molecule has 3 heterocycles. The normalized spacial score (nSPS) is 18.4. The molecule has 0 amide bonds. The molecule has 6 nitrogen and oxygen atoms in total. The highest BCUT2D eigenvalue weighted by Gasteiger charge is 2.23. The molecule has 0 unspecified atom stereocenters. The second-order valence-corrected chi connectivity index (χ2v) is 5.84. The summed E-state index contributed by atoms with van der Waals surface area (Å²) >= 11 is 0. The number of hydrogen-bond acceptors (Lipinski definition) is 6. The summed E-state index contributed by atoms with van der Waals surface area (Å²) in [6, 6.07) is 8.74. The van der Waals surface area contributed by atoms with Gasteiger partial charge in [0.2, 0.25) is 0 Å². The number of pyridine rings is 1. The van der Waals surface area contributed by atoms with E-state index in [1.165, 1.54) is 12.8 Å². The van der Waals surface area contributed by atoms with E-state index in [4.69, 9.17) is 0 Å². The van der Waals surface area contributed by atoms with Gasteiger partial charge in [-0.3, -0.25) is 0 Å². The average Bonchev–Trinajstić information content (AvgIpc) is 3.40. The van der Waals surface area contributed by atoms with Gasteiger partial charge in [0.25, 0.3) is 0 Å². The van der Waals surface area contributed by atoms with Crippen molar-refractivity contribution in [1.82, 2.24) is 15.0 Å². The van der Waals surface area contributed by atoms with Gasteiger partial charge < -0.3 is 15.1 Å². The first-order valence-corrected chi connectivity index (χ1v) is 7.88. The molecular weight excluding hydrogens is 276 g/mol. The van der Waals surface area contributed by atoms with Gasteiger partial charge in [0, 0.05) is 44.5 Å². The first-order valence-electron chi connectivity index (χ1n) is 7.88. The maximum atomic E-state index is 4.43. The molecule has 2 fully saturated rings. The standard InChI is InChI=1S/C16H20N6/c1-2-6-17-15(3-1)21-7-9-22(10-8-21)16-11-14(18-12-19-16)20-13-4-5-13/h1-3,6,11-13H,4-5,7-10H2,(H,18,19,20). The minimum atomic E-state index is 0.615. The van der Waals surface area contributed by atoms with Crippen molar-refractivity contribution in [2.24, 2.45) is 0 Å². The highest BCUT2D eigenvalue weighted by molar-refractivity contribution is 5.51. The Kier molecular flexibility index (Phi) is 3.50. The fraction of sp³-hybridized carbons (Fsp3) is 0.438. The lowest BCUT2D eigenvalue weighted by Crippen LogP contribution is -2.47. The third kappa shape index (κ3) is 2.95. The molecule has 1 saturated carbocycles. The Morgan fingerprint density at radius 3 is 2.36 bits per heavy atom. The molecule has 2 aromatic rings. The van der Waals surface area contributed by atoms with Gasteiger partial charge in [0.1, 0.15) is 23.8 Å². The van der Waals surface area contributed by atoms with Gasteiger partial charge in [0.05, 0.1) is 0 Å². The van der Waals surface area contributed by atoms with Crippen molar-refractivity contribution in [3.8, 4) is 0 Å². The van der Waals surface area contributed by atoms with Crippen molar-refractivity contribution in [2.45, 2.75) is 18.9 Å². The van der Waals surface area contributed by atoms with Crippen LogP contribution in [0, 0.1) is 0 Å². The zero-order chi connectivity index (χ0) is 14.8. The van der Waals surface area contributed by atoms with Gasteiger partial charge in [-0.15, -0.1) is 0 Å². The molecule has 2 aliphatic rings. The Morgan fingerprint density at radius 1 is 0.909 bits per heavy atom. The molecule has 22 heavy (non-hydrogen) atoms. The lowest BCUT2D eigenvalue weighted by atomic mass is 10.3. The molecule has 2 aromatic heterocycles. The molecule has 0 spiro atoms. The number of aromatic nitrogens is 3. The Labute approximate surface area is 130 Å². The van der Waals surface area contributed by atoms with Crippen LogP contribution in [0.15, 0.2) is 36.8 Å². The van der Waals surface area contributed by atoms with Crippen LogP contribution in [0.5, 0.6) is 0 Å². The van der Waals surface area contributed by atoms with Crippen LogP contribution in [-0.4, -0.2) is 47.2 Å². The Bertz CT molecular complexity index is 620. The van der Waals surface area contributed by atoms with Gasteiger partial charge in [-0.1, -0.05) is 6.07 Å². The van der Waals surface area contributed by atoms with Crippen LogP contribution in [0.3, 0.4) is 0 Å². The first kappa shape index (κ1) is 13.3. The van der Waals surface area contributed by atoms with E-state index in [0.717, 1.165) is 43.6 Å². The third-order valence-corrected chi connectivity index (χ3v) is 4.16. The van der Waals surface area contributed by atoms with Crippen LogP contribution in [0.25, 0.3) is 0 Å². The number of nitrogens with one attached hydrogen (secondary N) is 1. The molecule has 0 radical (unpaired) electrons. The number of piperazine rings is 1. The molecule has 1 N–H and O–H groups in total. The fourth-order valence-electron chi connectivity index (χ4n) is 2.74. The summed E-state index contributed by atoms with van der Waals surface area (Å²) in [6.45, 7) is 3.84. The van der Waals surface area contributed by atoms with Crippen LogP contribution in [0.2, 0.25) is 0 Å². The second kappa shape index (κ2) is 5.79. The van der Waals surface area contributed by atoms with E-state index in [2.05, 4.69) is 42.2 Å². The smallest absolute Gasteiger partial charge is 0.134 e. The Hall–Kier alpha value is -2.37. The van der Waals surface area contributed by atoms with Crippen molar-refractivity contribution in [1.29, 1.82) is 0 Å². The van der Waals surface area contributed by atoms with Crippen LogP contribution < -0.4 is 15.1 Å². The average molecular weight is 296 g/mol. The van der Waals surface area contributed by atoms with Crippen LogP contribution in [0.1, 0.15) is 12.8 Å². The predicted molar refractivity (Wildman–Crippen MR) is 87.3 cm³/mol. The summed E-state index contributed by atoms with van der Waals surface area (Å²) in [7, 11) is 0. The molecular formula is C16H20N6. The van der Waals surface area contributed by atoms with Gasteiger partial charge in [-0.05, 0) is 25.0 Å². The first-order chi connectivity index (χ1) is 10.9. The van der Waals surface area contributed by atoms with E-state index < -0.39 is 0 Å². The Balaban J connectivity index is 1.40. The highest BCUT2D eigenvalue weighted by Crippen LogP contribution is 2.25. The number of nitrogens with zero attached hydrogens (tertiary/aromatic N) is 5. The van der Waals surface area contributed by atoms with Gasteiger partial charge in [-0.2, -0.15) is 0 Å². The minimum Gasteiger partial charge on any atom is -0.367 e. The molecule has 0 bridgehead atoms. The second-order valence-electron chi connectivity index (χ2n) is 5.84. The van der Waals surface area contributed by atoms with Gasteiger partial charge in [-0.25, -0.2) is 15.0 Å². The highest BCUT2D eigenvalue weighted by atomic mass is 15.3. The predicted octanol–water partition coefficient (Wildman–Crippen LogP) is 1.77. The van der Waals surface area contributed by atoms with Crippen molar-refractivity contribution in [3.63, 3.8) is 0 Å². The van der Waals surface area contributed by atoms with E-state index in [1.54, 1.807) is 6.33 Å². The van der Waals surface area contributed by atoms with E-state index in [9.17, 15) is 0 Å². The molecule has 4 rings (SSSR count). The van der Waals surface area contributed by atoms with Crippen molar-refractivity contribution >= 4 is 17.5 Å². The van der Waals surface area contributed by atoms with Crippen LogP contribution in [0.4, 0.5) is 17.5 Å². The molecule has 1 aliphatic carbocycles. The largest absolute Gasteiger partial charge is 0.367 e. The summed E-state index contributed by atoms with van der Waals surface area (Å²) < 4.78 is 0. The molecule has 0 aromatic carbocycles. The zero-order valence-electron chi connectivity index (χ0n) is 12.5. The van der Waals surface area contributed by atoms with Crippen LogP contribution >= 0.6 is 0 Å². The van der Waals surface area contributed by atoms with Gasteiger partial charge in [0.15, 0.2) is 0 Å². The minimum absolute atomic E-state index is 0.615. The van der Waals surface area contributed by atoms with Crippen molar-refractivity contribution in [2.75, 3.05) is 41.3 Å². The molecule has 114 valence electrons. The monoisotopic (exact) mass is 296 g/mol. The third-order valence-electron chi connectivity index (χ3n) is 4.16. The number of rotatable bonds is 4. The quantitative estimate of drug-likeness (QED) is 0.928. The summed E-state index contributed by atoms with van der Waals surface area (Å²) in [6.07, 6.45) is 6.01. The van der Waals surface area contributed by atoms with E-state index >= 15 is 0 Å². The van der Waals surface area contributed by atoms with Gasteiger partial charge >= 0.3 is 0 Å². The lowest BCUT2D eigenvalue weighted by Gasteiger charge is -2.36. The Morgan fingerprint density at radius 2 is 1.68 bits per heavy atom. The molecule has 0 atom stereocenters.